The summed E-state index contributed by atoms with van der Waals surface area (Å²) in [6, 6.07) is 87.7. The molecule has 0 bridgehead atoms. The number of hydrogen-bond acceptors (Lipinski definition) is 0. The third-order valence-electron chi connectivity index (χ3n) is 10.5. The van der Waals surface area contributed by atoms with E-state index in [2.05, 4.69) is 250 Å². The predicted octanol–water partition coefficient (Wildman–Crippen LogP) is 17.6. The van der Waals surface area contributed by atoms with Crippen molar-refractivity contribution in [2.75, 3.05) is 0 Å². The smallest absolute Gasteiger partial charge is 0.0683 e. The Kier molecular flexibility index (Phi) is 22.4. The van der Waals surface area contributed by atoms with Gasteiger partial charge in [0, 0.05) is 32.7 Å². The van der Waals surface area contributed by atoms with Crippen molar-refractivity contribution in [3.05, 3.63) is 287 Å². The molecule has 0 N–H and O–H groups in total. The summed E-state index contributed by atoms with van der Waals surface area (Å²) in [6.07, 6.45) is 0. The van der Waals surface area contributed by atoms with Crippen molar-refractivity contribution in [2.24, 2.45) is 0 Å². The van der Waals surface area contributed by atoms with Gasteiger partial charge in [0.1, 0.15) is 8.80 Å². The van der Waals surface area contributed by atoms with Gasteiger partial charge in [-0.15, -0.1) is 0 Å². The van der Waals surface area contributed by atoms with Gasteiger partial charge in [0.15, 0.2) is 0 Å². The van der Waals surface area contributed by atoms with Crippen molar-refractivity contribution in [3.8, 4) is 0 Å². The SMILES string of the molecule is CC.CC.CC.CC[Si]1C(c2ccccc2)=C(c2ccccc2)C(c2ccccc2)=C1c1ccccc1.[Y].c1ccc(C(=C(c2ccccc2)c2ccccc2)c2ccccc2)cc1. The summed E-state index contributed by atoms with van der Waals surface area (Å²) < 4.78 is 0. The van der Waals surface area contributed by atoms with E-state index in [0.717, 1.165) is 6.04 Å². The quantitative estimate of drug-likeness (QED) is 0.1000. The molecule has 8 aromatic rings. The van der Waals surface area contributed by atoms with Crippen LogP contribution in [0.1, 0.15) is 93.0 Å². The molecule has 64 heavy (non-hydrogen) atoms. The van der Waals surface area contributed by atoms with Gasteiger partial charge in [-0.25, -0.2) is 0 Å². The largest absolute Gasteiger partial charge is 0.124 e. The van der Waals surface area contributed by atoms with E-state index in [1.165, 1.54) is 77.2 Å². The van der Waals surface area contributed by atoms with E-state index in [1.54, 1.807) is 0 Å². The molecule has 0 atom stereocenters. The fourth-order valence-electron chi connectivity index (χ4n) is 7.99. The fraction of sp³-hybridized carbons (Fsp3) is 0.129. The summed E-state index contributed by atoms with van der Waals surface area (Å²) in [7, 11) is -0.964. The van der Waals surface area contributed by atoms with Crippen LogP contribution in [0.3, 0.4) is 0 Å². The maximum absolute atomic E-state index is 2.36. The minimum atomic E-state index is -0.964. The molecule has 0 amide bonds. The standard InChI is InChI=1S/C30H25Si.C26H20.3C2H6.Y/c1-2-31-29(25-19-11-5-12-20-25)27(23-15-7-3-8-16-23)28(24-17-9-4-10-18-24)30(31)26-21-13-6-14-22-26;1-5-13-21(14-6-1)25(22-15-7-2-8-16-22)26(23-17-9-3-10-18-23)24-19-11-4-12-20-24;3*1-2;/h3-22H,2H2,1H3;1-20H;3*1-2H3;. The molecule has 2 heteroatoms. The first kappa shape index (κ1) is 50.9. The van der Waals surface area contributed by atoms with Gasteiger partial charge in [-0.3, -0.25) is 0 Å². The van der Waals surface area contributed by atoms with Crippen molar-refractivity contribution in [2.45, 2.75) is 54.5 Å². The molecule has 8 aromatic carbocycles. The normalized spacial score (nSPS) is 11.4. The zero-order valence-electron chi connectivity index (χ0n) is 38.9. The molecule has 1 aliphatic heterocycles. The molecule has 1 aliphatic rings. The van der Waals surface area contributed by atoms with Gasteiger partial charge < -0.3 is 0 Å². The van der Waals surface area contributed by atoms with Crippen LogP contribution >= 0.6 is 0 Å². The van der Waals surface area contributed by atoms with Crippen LogP contribution < -0.4 is 0 Å². The summed E-state index contributed by atoms with van der Waals surface area (Å²) in [5.41, 5.74) is 15.6. The van der Waals surface area contributed by atoms with Gasteiger partial charge in [0.2, 0.25) is 0 Å². The number of allylic oxidation sites excluding steroid dienone is 2. The van der Waals surface area contributed by atoms with E-state index in [-0.39, 0.29) is 32.7 Å². The Morgan fingerprint density at radius 2 is 0.469 bits per heavy atom. The molecular formula is C62H63SiY. The third-order valence-corrected chi connectivity index (χ3v) is 13.4. The molecule has 1 heterocycles. The van der Waals surface area contributed by atoms with Crippen LogP contribution in [-0.4, -0.2) is 8.80 Å². The summed E-state index contributed by atoms with van der Waals surface area (Å²) in [6.45, 7) is 14.4. The fourth-order valence-corrected chi connectivity index (χ4v) is 11.1. The monoisotopic (exact) mass is 924 g/mol. The molecule has 0 fully saturated rings. The van der Waals surface area contributed by atoms with Crippen LogP contribution in [0, 0.1) is 0 Å². The third kappa shape index (κ3) is 12.7. The first-order valence-electron chi connectivity index (χ1n) is 22.8. The van der Waals surface area contributed by atoms with E-state index in [4.69, 9.17) is 0 Å². The Labute approximate surface area is 412 Å². The first-order valence-corrected chi connectivity index (χ1v) is 24.6. The molecule has 9 rings (SSSR count). The van der Waals surface area contributed by atoms with Crippen LogP contribution in [0.2, 0.25) is 6.04 Å². The van der Waals surface area contributed by atoms with E-state index >= 15 is 0 Å². The molecular weight excluding hydrogens is 862 g/mol. The summed E-state index contributed by atoms with van der Waals surface area (Å²) in [5.74, 6) is 0. The van der Waals surface area contributed by atoms with Gasteiger partial charge in [0.25, 0.3) is 0 Å². The molecule has 0 saturated carbocycles. The number of rotatable bonds is 9. The van der Waals surface area contributed by atoms with Crippen molar-refractivity contribution in [1.29, 1.82) is 0 Å². The number of benzene rings is 8. The van der Waals surface area contributed by atoms with Crippen molar-refractivity contribution in [1.82, 2.24) is 0 Å². The van der Waals surface area contributed by atoms with Gasteiger partial charge in [-0.2, -0.15) is 0 Å². The van der Waals surface area contributed by atoms with E-state index in [1.807, 2.05) is 41.5 Å². The van der Waals surface area contributed by atoms with Crippen molar-refractivity contribution >= 4 is 41.5 Å². The van der Waals surface area contributed by atoms with E-state index < -0.39 is 8.80 Å². The zero-order valence-corrected chi connectivity index (χ0v) is 42.7. The maximum Gasteiger partial charge on any atom is 0.124 e. The Hall–Kier alpha value is -5.70. The second kappa shape index (κ2) is 28.2. The van der Waals surface area contributed by atoms with Crippen molar-refractivity contribution < 1.29 is 32.7 Å². The Morgan fingerprint density at radius 1 is 0.281 bits per heavy atom. The molecule has 0 aromatic heterocycles. The first-order chi connectivity index (χ1) is 31.3. The van der Waals surface area contributed by atoms with Crippen LogP contribution in [0.5, 0.6) is 0 Å². The van der Waals surface area contributed by atoms with Crippen LogP contribution in [0.25, 0.3) is 32.7 Å². The molecule has 0 nitrogen and oxygen atoms in total. The molecule has 2 radical (unpaired) electrons. The second-order valence-corrected chi connectivity index (χ2v) is 16.7. The average Bonchev–Trinajstić information content (AvgIpc) is 3.75. The van der Waals surface area contributed by atoms with Gasteiger partial charge in [-0.05, 0) is 77.2 Å². The van der Waals surface area contributed by atoms with Gasteiger partial charge in [0.05, 0.1) is 0 Å². The second-order valence-electron chi connectivity index (χ2n) is 14.0. The number of hydrogen-bond donors (Lipinski definition) is 0. The molecule has 0 saturated heterocycles. The molecule has 0 aliphatic carbocycles. The van der Waals surface area contributed by atoms with E-state index in [0.29, 0.717) is 0 Å². The van der Waals surface area contributed by atoms with Crippen LogP contribution in [0.4, 0.5) is 0 Å². The molecule has 0 spiro atoms. The van der Waals surface area contributed by atoms with Gasteiger partial charge in [-0.1, -0.05) is 297 Å². The molecule has 0 unspecified atom stereocenters. The Morgan fingerprint density at radius 3 is 0.672 bits per heavy atom. The maximum atomic E-state index is 2.36. The van der Waals surface area contributed by atoms with Crippen LogP contribution in [-0.2, 0) is 32.7 Å². The Balaban J connectivity index is 0.000000251. The predicted molar refractivity (Wildman–Crippen MR) is 280 cm³/mol. The minimum absolute atomic E-state index is 0. The Bertz CT molecular complexity index is 2320. The average molecular weight is 925 g/mol. The van der Waals surface area contributed by atoms with E-state index in [9.17, 15) is 0 Å². The zero-order chi connectivity index (χ0) is 44.7. The van der Waals surface area contributed by atoms with Gasteiger partial charge >= 0.3 is 0 Å². The molecule has 318 valence electrons. The van der Waals surface area contributed by atoms with Crippen LogP contribution in [0.15, 0.2) is 243 Å². The van der Waals surface area contributed by atoms with Crippen molar-refractivity contribution in [3.63, 3.8) is 0 Å². The summed E-state index contributed by atoms with van der Waals surface area (Å²) in [4.78, 5) is 0. The summed E-state index contributed by atoms with van der Waals surface area (Å²) in [5, 5.41) is 3.08. The summed E-state index contributed by atoms with van der Waals surface area (Å²) >= 11 is 0. The minimum Gasteiger partial charge on any atom is -0.0683 e. The topological polar surface area (TPSA) is 0 Å².